The Morgan fingerprint density at radius 2 is 1.88 bits per heavy atom. The second-order valence-electron chi connectivity index (χ2n) is 3.06. The van der Waals surface area contributed by atoms with Crippen molar-refractivity contribution in [1.82, 2.24) is 0 Å². The van der Waals surface area contributed by atoms with Crippen LogP contribution in [-0.4, -0.2) is 6.16 Å². The van der Waals surface area contributed by atoms with Crippen LogP contribution in [0, 0.1) is 0 Å². The van der Waals surface area contributed by atoms with Crippen molar-refractivity contribution in [3.8, 4) is 0 Å². The predicted molar refractivity (Wildman–Crippen MR) is 60.2 cm³/mol. The number of hydrogen-bond acceptors (Lipinski definition) is 2. The molecule has 2 aromatic rings. The van der Waals surface area contributed by atoms with Gasteiger partial charge in [0.05, 0.1) is 0 Å². The maximum atomic E-state index is 10.1. The van der Waals surface area contributed by atoms with Crippen molar-refractivity contribution < 1.29 is 26.5 Å². The topological polar surface area (TPSA) is 40.1 Å². The van der Waals surface area contributed by atoms with Crippen LogP contribution >= 0.6 is 8.03 Å². The third-order valence-corrected chi connectivity index (χ3v) is 2.46. The molecular weight excluding hydrogens is 263 g/mol. The molecule has 4 heteroatoms. The SMILES string of the molecule is O=[P+]([O-])CCc1ccc[cH-]1.[Fe+2].c1cc[cH-]c1. The van der Waals surface area contributed by atoms with Crippen molar-refractivity contribution in [3.05, 3.63) is 60.2 Å². The molecule has 0 saturated heterocycles. The summed E-state index contributed by atoms with van der Waals surface area (Å²) in [5, 5.41) is 0. The van der Waals surface area contributed by atoms with E-state index in [9.17, 15) is 9.46 Å². The van der Waals surface area contributed by atoms with Crippen molar-refractivity contribution in [1.29, 1.82) is 0 Å². The third kappa shape index (κ3) is 7.56. The molecule has 0 fully saturated rings. The minimum Gasteiger partial charge on any atom is -0.596 e. The summed E-state index contributed by atoms with van der Waals surface area (Å²) in [6.45, 7) is 0. The van der Waals surface area contributed by atoms with Crippen LogP contribution in [0.15, 0.2) is 54.6 Å². The van der Waals surface area contributed by atoms with Gasteiger partial charge in [-0.25, -0.2) is 24.3 Å². The summed E-state index contributed by atoms with van der Waals surface area (Å²) < 4.78 is 10.1. The minimum absolute atomic E-state index is 0. The Morgan fingerprint density at radius 3 is 2.25 bits per heavy atom. The molecule has 0 aliphatic rings. The van der Waals surface area contributed by atoms with Gasteiger partial charge in [0.2, 0.25) is 0 Å². The van der Waals surface area contributed by atoms with Gasteiger partial charge in [0, 0.05) is 0 Å². The van der Waals surface area contributed by atoms with Gasteiger partial charge in [-0.2, -0.15) is 35.9 Å². The molecule has 2 nitrogen and oxygen atoms in total. The molecule has 0 aromatic heterocycles. The summed E-state index contributed by atoms with van der Waals surface area (Å²) in [6, 6.07) is 17.7. The molecule has 0 aliphatic carbocycles. The zero-order chi connectivity index (χ0) is 10.9. The van der Waals surface area contributed by atoms with E-state index in [1.54, 1.807) is 0 Å². The van der Waals surface area contributed by atoms with Crippen LogP contribution < -0.4 is 4.89 Å². The second-order valence-corrected chi connectivity index (χ2v) is 4.17. The third-order valence-electron chi connectivity index (χ3n) is 1.87. The molecule has 16 heavy (non-hydrogen) atoms. The molecule has 2 aromatic carbocycles. The first kappa shape index (κ1) is 15.3. The number of rotatable bonds is 3. The van der Waals surface area contributed by atoms with Crippen LogP contribution in [0.3, 0.4) is 0 Å². The van der Waals surface area contributed by atoms with Gasteiger partial charge in [-0.1, -0.05) is 4.57 Å². The first-order valence-corrected chi connectivity index (χ1v) is 6.14. The van der Waals surface area contributed by atoms with E-state index in [4.69, 9.17) is 0 Å². The normalized spacial score (nSPS) is 9.69. The van der Waals surface area contributed by atoms with E-state index < -0.39 is 8.03 Å². The molecule has 0 saturated carbocycles. The molecule has 0 spiro atoms. The predicted octanol–water partition coefficient (Wildman–Crippen LogP) is 2.45. The van der Waals surface area contributed by atoms with Crippen molar-refractivity contribution in [3.63, 3.8) is 0 Å². The van der Waals surface area contributed by atoms with Gasteiger partial charge in [-0.3, -0.25) is 0 Å². The molecule has 0 amide bonds. The van der Waals surface area contributed by atoms with Crippen LogP contribution in [0.4, 0.5) is 0 Å². The second kappa shape index (κ2) is 9.50. The fourth-order valence-electron chi connectivity index (χ4n) is 1.12. The molecule has 0 heterocycles. The molecule has 0 aliphatic heterocycles. The molecule has 1 atom stereocenters. The Morgan fingerprint density at radius 1 is 1.19 bits per heavy atom. The Hall–Kier alpha value is -0.721. The number of aryl methyl sites for hydroxylation is 1. The maximum absolute atomic E-state index is 10.1. The van der Waals surface area contributed by atoms with E-state index in [2.05, 4.69) is 0 Å². The molecule has 0 radical (unpaired) electrons. The van der Waals surface area contributed by atoms with Gasteiger partial charge in [0.15, 0.2) is 0 Å². The van der Waals surface area contributed by atoms with Crippen molar-refractivity contribution in [2.75, 3.05) is 6.16 Å². The maximum Gasteiger partial charge on any atom is 2.00 e. The zero-order valence-corrected chi connectivity index (χ0v) is 10.7. The van der Waals surface area contributed by atoms with Gasteiger partial charge in [0.25, 0.3) is 0 Å². The summed E-state index contributed by atoms with van der Waals surface area (Å²) in [7, 11) is -2.21. The zero-order valence-electron chi connectivity index (χ0n) is 8.73. The summed E-state index contributed by atoms with van der Waals surface area (Å²) in [6.07, 6.45) is 0.908. The van der Waals surface area contributed by atoms with Gasteiger partial charge in [-0.15, -0.1) is 0 Å². The fourth-order valence-corrected chi connectivity index (χ4v) is 1.56. The summed E-state index contributed by atoms with van der Waals surface area (Å²) in [5.74, 6) is 0. The standard InChI is InChI=1S/C7H8O2P.C5H5.Fe/c8-10(9)6-5-7-3-1-2-4-7;1-2-4-5-3-1;/h1-4H,5-6H2;1-5H;/q2*-1;+2. The van der Waals surface area contributed by atoms with E-state index in [0.29, 0.717) is 6.42 Å². The first-order valence-electron chi connectivity index (χ1n) is 4.78. The largest absolute Gasteiger partial charge is 2.00 e. The quantitative estimate of drug-likeness (QED) is 0.491. The van der Waals surface area contributed by atoms with Gasteiger partial charge in [0.1, 0.15) is 6.16 Å². The molecular formula is C12H13FeO2P. The van der Waals surface area contributed by atoms with Crippen LogP contribution in [0.25, 0.3) is 0 Å². The van der Waals surface area contributed by atoms with Crippen molar-refractivity contribution in [2.45, 2.75) is 6.42 Å². The van der Waals surface area contributed by atoms with Crippen LogP contribution in [0.2, 0.25) is 0 Å². The summed E-state index contributed by atoms with van der Waals surface area (Å²) in [5.41, 5.74) is 1.10. The van der Waals surface area contributed by atoms with E-state index in [-0.39, 0.29) is 23.2 Å². The molecule has 1 unspecified atom stereocenters. The van der Waals surface area contributed by atoms with Crippen LogP contribution in [0.1, 0.15) is 5.56 Å². The van der Waals surface area contributed by atoms with Gasteiger partial charge < -0.3 is 4.89 Å². The summed E-state index contributed by atoms with van der Waals surface area (Å²) >= 11 is 0. The average molecular weight is 276 g/mol. The van der Waals surface area contributed by atoms with Crippen LogP contribution in [-0.2, 0) is 28.1 Å². The Bertz CT molecular complexity index is 337. The van der Waals surface area contributed by atoms with E-state index in [1.165, 1.54) is 0 Å². The summed E-state index contributed by atoms with van der Waals surface area (Å²) in [4.78, 5) is 10.1. The molecule has 0 bridgehead atoms. The van der Waals surface area contributed by atoms with Gasteiger partial charge >= 0.3 is 25.1 Å². The monoisotopic (exact) mass is 276 g/mol. The smallest absolute Gasteiger partial charge is 0.596 e. The average Bonchev–Trinajstić information content (AvgIpc) is 2.91. The van der Waals surface area contributed by atoms with Gasteiger partial charge in [-0.05, 0) is 6.42 Å². The van der Waals surface area contributed by atoms with E-state index in [1.807, 2.05) is 54.6 Å². The van der Waals surface area contributed by atoms with Crippen LogP contribution in [0.5, 0.6) is 0 Å². The molecule has 0 N–H and O–H groups in total. The number of hydrogen-bond donors (Lipinski definition) is 0. The fraction of sp³-hybridized carbons (Fsp3) is 0.167. The minimum atomic E-state index is -2.21. The van der Waals surface area contributed by atoms with E-state index >= 15 is 0 Å². The first-order chi connectivity index (χ1) is 7.29. The molecule has 2 rings (SSSR count). The van der Waals surface area contributed by atoms with Crippen molar-refractivity contribution in [2.24, 2.45) is 0 Å². The Labute approximate surface area is 107 Å². The van der Waals surface area contributed by atoms with E-state index in [0.717, 1.165) is 5.56 Å². The van der Waals surface area contributed by atoms with Crippen molar-refractivity contribution >= 4 is 8.03 Å². The Kier molecular flexibility index (Phi) is 9.07. The Balaban J connectivity index is 0.000000318. The molecule has 86 valence electrons.